The first-order valence-electron chi connectivity index (χ1n) is 3.50. The summed E-state index contributed by atoms with van der Waals surface area (Å²) in [6.07, 6.45) is 0. The third-order valence-corrected chi connectivity index (χ3v) is 1.60. The summed E-state index contributed by atoms with van der Waals surface area (Å²) in [4.78, 5) is 9.45. The van der Waals surface area contributed by atoms with E-state index >= 15 is 0 Å². The van der Waals surface area contributed by atoms with Gasteiger partial charge in [0.05, 0.1) is 4.92 Å². The van der Waals surface area contributed by atoms with Gasteiger partial charge in [-0.3, -0.25) is 10.1 Å². The van der Waals surface area contributed by atoms with Crippen LogP contribution in [-0.4, -0.2) is 8.90 Å². The van der Waals surface area contributed by atoms with Crippen molar-refractivity contribution in [3.05, 3.63) is 34.1 Å². The summed E-state index contributed by atoms with van der Waals surface area (Å²) >= 11 is 15.7. The van der Waals surface area contributed by atoms with Crippen molar-refractivity contribution in [2.24, 2.45) is 0 Å². The van der Waals surface area contributed by atoms with E-state index in [9.17, 15) is 14.5 Å². The van der Waals surface area contributed by atoms with Crippen LogP contribution in [0.1, 0.15) is 0 Å². The normalized spacial score (nSPS) is 11.2. The highest BCUT2D eigenvalue weighted by Crippen LogP contribution is 2.34. The zero-order chi connectivity index (χ0) is 11.6. The summed E-state index contributed by atoms with van der Waals surface area (Å²) in [5.41, 5.74) is -0.748. The van der Waals surface area contributed by atoms with Gasteiger partial charge in [0.2, 0.25) is 5.82 Å². The Labute approximate surface area is 98.6 Å². The zero-order valence-electron chi connectivity index (χ0n) is 6.92. The van der Waals surface area contributed by atoms with Crippen molar-refractivity contribution in [2.75, 3.05) is 0 Å². The number of alkyl halides is 3. The van der Waals surface area contributed by atoms with Gasteiger partial charge in [-0.05, 0) is 40.9 Å². The molecular formula is C7H3Cl3FNO3. The van der Waals surface area contributed by atoms with Crippen LogP contribution in [0.2, 0.25) is 0 Å². The molecule has 0 aliphatic heterocycles. The van der Waals surface area contributed by atoms with E-state index in [1.54, 1.807) is 0 Å². The molecule has 0 bridgehead atoms. The molecule has 4 nitrogen and oxygen atoms in total. The van der Waals surface area contributed by atoms with Crippen LogP contribution >= 0.6 is 34.8 Å². The van der Waals surface area contributed by atoms with Crippen LogP contribution in [0.3, 0.4) is 0 Å². The van der Waals surface area contributed by atoms with Crippen molar-refractivity contribution in [1.29, 1.82) is 0 Å². The molecule has 0 saturated carbocycles. The number of nitro benzene ring substituents is 1. The van der Waals surface area contributed by atoms with E-state index < -0.39 is 26.2 Å². The van der Waals surface area contributed by atoms with Crippen LogP contribution in [-0.2, 0) is 0 Å². The van der Waals surface area contributed by atoms with Gasteiger partial charge in [0.15, 0.2) is 5.75 Å². The van der Waals surface area contributed by atoms with Crippen LogP contribution in [0, 0.1) is 15.9 Å². The largest absolute Gasteiger partial charge is 0.442 e. The van der Waals surface area contributed by atoms with Crippen molar-refractivity contribution in [2.45, 2.75) is 3.98 Å². The monoisotopic (exact) mass is 273 g/mol. The molecule has 0 aromatic heterocycles. The second kappa shape index (κ2) is 4.38. The molecule has 0 saturated heterocycles. The van der Waals surface area contributed by atoms with Crippen LogP contribution in [0.5, 0.6) is 5.75 Å². The van der Waals surface area contributed by atoms with Crippen molar-refractivity contribution < 1.29 is 14.1 Å². The zero-order valence-corrected chi connectivity index (χ0v) is 9.18. The number of hydrogen-bond donors (Lipinski definition) is 0. The standard InChI is InChI=1S/C7H3Cl3FNO3/c8-7(9,10)15-5-3-1-2-4(6(5)11)12(13)14/h1-3H. The van der Waals surface area contributed by atoms with Gasteiger partial charge < -0.3 is 4.74 Å². The van der Waals surface area contributed by atoms with E-state index in [1.807, 2.05) is 0 Å². The molecule has 0 atom stereocenters. The maximum Gasteiger partial charge on any atom is 0.338 e. The first kappa shape index (κ1) is 12.3. The lowest BCUT2D eigenvalue weighted by atomic mass is 10.3. The number of nitro groups is 1. The lowest BCUT2D eigenvalue weighted by molar-refractivity contribution is -0.387. The van der Waals surface area contributed by atoms with Gasteiger partial charge >= 0.3 is 9.67 Å². The van der Waals surface area contributed by atoms with Crippen molar-refractivity contribution in [3.8, 4) is 5.75 Å². The van der Waals surface area contributed by atoms with Crippen molar-refractivity contribution in [1.82, 2.24) is 0 Å². The molecule has 0 fully saturated rings. The SMILES string of the molecule is O=[N+]([O-])c1cccc(OC(Cl)(Cl)Cl)c1F. The Kier molecular flexibility index (Phi) is 3.59. The minimum atomic E-state index is -2.17. The quantitative estimate of drug-likeness (QED) is 0.471. The fourth-order valence-electron chi connectivity index (χ4n) is 0.844. The van der Waals surface area contributed by atoms with Gasteiger partial charge in [0.25, 0.3) is 0 Å². The molecular weight excluding hydrogens is 271 g/mol. The summed E-state index contributed by atoms with van der Waals surface area (Å²) in [6, 6.07) is 3.30. The fraction of sp³-hybridized carbons (Fsp3) is 0.143. The van der Waals surface area contributed by atoms with Gasteiger partial charge in [-0.1, -0.05) is 6.07 Å². The first-order chi connectivity index (χ1) is 6.81. The van der Waals surface area contributed by atoms with Gasteiger partial charge in [0, 0.05) is 6.07 Å². The van der Waals surface area contributed by atoms with Crippen molar-refractivity contribution >= 4 is 40.5 Å². The van der Waals surface area contributed by atoms with Gasteiger partial charge in [-0.2, -0.15) is 4.39 Å². The first-order valence-corrected chi connectivity index (χ1v) is 4.63. The molecule has 0 spiro atoms. The maximum atomic E-state index is 13.3. The Hall–Kier alpha value is -0.780. The van der Waals surface area contributed by atoms with Gasteiger partial charge in [-0.15, -0.1) is 0 Å². The van der Waals surface area contributed by atoms with Crippen molar-refractivity contribution in [3.63, 3.8) is 0 Å². The van der Waals surface area contributed by atoms with Crippen LogP contribution in [0.4, 0.5) is 10.1 Å². The molecule has 1 rings (SSSR count). The summed E-state index contributed by atoms with van der Waals surface area (Å²) < 4.78 is 15.7. The molecule has 8 heteroatoms. The van der Waals surface area contributed by atoms with E-state index in [-0.39, 0.29) is 0 Å². The molecule has 0 N–H and O–H groups in total. The third-order valence-electron chi connectivity index (χ3n) is 1.37. The van der Waals surface area contributed by atoms with Crippen LogP contribution < -0.4 is 4.74 Å². The van der Waals surface area contributed by atoms with Gasteiger partial charge in [-0.25, -0.2) is 0 Å². The minimum absolute atomic E-state index is 0.496. The molecule has 0 amide bonds. The molecule has 0 radical (unpaired) electrons. The Balaban J connectivity index is 3.10. The predicted octanol–water partition coefficient (Wildman–Crippen LogP) is 3.44. The van der Waals surface area contributed by atoms with E-state index in [4.69, 9.17) is 34.8 Å². The van der Waals surface area contributed by atoms with Crippen LogP contribution in [0.15, 0.2) is 18.2 Å². The Bertz CT molecular complexity index is 394. The number of nitrogens with zero attached hydrogens (tertiary/aromatic N) is 1. The van der Waals surface area contributed by atoms with Crippen LogP contribution in [0.25, 0.3) is 0 Å². The maximum absolute atomic E-state index is 13.3. The summed E-state index contributed by atoms with van der Waals surface area (Å²) in [5.74, 6) is -1.68. The molecule has 0 aliphatic rings. The molecule has 0 aliphatic carbocycles. The summed E-state index contributed by atoms with van der Waals surface area (Å²) in [7, 11) is 0. The second-order valence-corrected chi connectivity index (χ2v) is 4.57. The van der Waals surface area contributed by atoms with E-state index in [0.29, 0.717) is 0 Å². The Morgan fingerprint density at radius 1 is 1.40 bits per heavy atom. The highest BCUT2D eigenvalue weighted by molar-refractivity contribution is 6.66. The fourth-order valence-corrected chi connectivity index (χ4v) is 1.09. The third kappa shape index (κ3) is 3.37. The summed E-state index contributed by atoms with van der Waals surface area (Å²) in [5, 5.41) is 10.4. The van der Waals surface area contributed by atoms with E-state index in [1.165, 1.54) is 6.07 Å². The lowest BCUT2D eigenvalue weighted by Gasteiger charge is -2.13. The Morgan fingerprint density at radius 3 is 2.47 bits per heavy atom. The molecule has 1 aromatic carbocycles. The highest BCUT2D eigenvalue weighted by atomic mass is 35.6. The number of hydrogen-bond acceptors (Lipinski definition) is 3. The summed E-state index contributed by atoms with van der Waals surface area (Å²) in [6.45, 7) is 0. The molecule has 0 unspecified atom stereocenters. The second-order valence-electron chi connectivity index (χ2n) is 2.39. The van der Waals surface area contributed by atoms with Gasteiger partial charge in [0.1, 0.15) is 0 Å². The molecule has 15 heavy (non-hydrogen) atoms. The Morgan fingerprint density at radius 2 is 2.00 bits per heavy atom. The smallest absolute Gasteiger partial charge is 0.338 e. The number of rotatable bonds is 2. The topological polar surface area (TPSA) is 52.4 Å². The minimum Gasteiger partial charge on any atom is -0.442 e. The predicted molar refractivity (Wildman–Crippen MR) is 54.0 cm³/mol. The number of ether oxygens (including phenoxy) is 1. The molecule has 1 aromatic rings. The average Bonchev–Trinajstić information content (AvgIpc) is 2.05. The number of halogens is 4. The van der Waals surface area contributed by atoms with E-state index in [2.05, 4.69) is 4.74 Å². The molecule has 0 heterocycles. The highest BCUT2D eigenvalue weighted by Gasteiger charge is 2.26. The van der Waals surface area contributed by atoms with E-state index in [0.717, 1.165) is 12.1 Å². The lowest BCUT2D eigenvalue weighted by Crippen LogP contribution is -2.13. The average molecular weight is 274 g/mol. The number of benzene rings is 1. The molecule has 82 valence electrons.